The average Bonchev–Trinajstić information content (AvgIpc) is 2.45. The fourth-order valence-corrected chi connectivity index (χ4v) is 2.33. The lowest BCUT2D eigenvalue weighted by atomic mass is 10.1. The first-order chi connectivity index (χ1) is 6.45. The number of hydrogen-bond donors (Lipinski definition) is 1. The minimum atomic E-state index is -0.726. The van der Waals surface area contributed by atoms with Crippen LogP contribution in [0.4, 0.5) is 0 Å². The topological polar surface area (TPSA) is 43.8 Å². The van der Waals surface area contributed by atoms with Crippen LogP contribution in [0.5, 0.6) is 0 Å². The van der Waals surface area contributed by atoms with Crippen molar-refractivity contribution in [1.82, 2.24) is 9.80 Å². The largest absolute Gasteiger partial charge is 0.480 e. The highest BCUT2D eigenvalue weighted by Crippen LogP contribution is 2.23. The molecule has 1 rings (SSSR count). The van der Waals surface area contributed by atoms with Crippen LogP contribution in [0.2, 0.25) is 0 Å². The molecule has 82 valence electrons. The fourth-order valence-electron chi connectivity index (χ4n) is 2.33. The summed E-state index contributed by atoms with van der Waals surface area (Å²) in [5.41, 5.74) is 0. The molecule has 1 fully saturated rings. The molecule has 3 atom stereocenters. The third-order valence-electron chi connectivity index (χ3n) is 3.28. The zero-order valence-corrected chi connectivity index (χ0v) is 9.40. The fraction of sp³-hybridized carbons (Fsp3) is 0.900. The molecule has 0 saturated carbocycles. The van der Waals surface area contributed by atoms with Crippen LogP contribution < -0.4 is 0 Å². The number of likely N-dealkylation sites (N-methyl/N-ethyl adjacent to an activating group) is 1. The van der Waals surface area contributed by atoms with E-state index in [0.29, 0.717) is 12.1 Å². The third-order valence-corrected chi connectivity index (χ3v) is 3.28. The van der Waals surface area contributed by atoms with Gasteiger partial charge >= 0.3 is 5.97 Å². The minimum Gasteiger partial charge on any atom is -0.480 e. The molecule has 0 bridgehead atoms. The monoisotopic (exact) mass is 200 g/mol. The summed E-state index contributed by atoms with van der Waals surface area (Å²) >= 11 is 0. The lowest BCUT2D eigenvalue weighted by molar-refractivity contribution is -0.143. The Morgan fingerprint density at radius 3 is 2.50 bits per heavy atom. The third kappa shape index (κ3) is 2.07. The lowest BCUT2D eigenvalue weighted by Crippen LogP contribution is -2.46. The summed E-state index contributed by atoms with van der Waals surface area (Å²) in [6.07, 6.45) is 1.06. The Morgan fingerprint density at radius 2 is 2.14 bits per heavy atom. The number of hydrogen-bond acceptors (Lipinski definition) is 3. The van der Waals surface area contributed by atoms with Crippen LogP contribution >= 0.6 is 0 Å². The smallest absolute Gasteiger partial charge is 0.320 e. The number of likely N-dealkylation sites (tertiary alicyclic amines) is 1. The zero-order chi connectivity index (χ0) is 10.9. The van der Waals surface area contributed by atoms with Crippen molar-refractivity contribution in [2.45, 2.75) is 38.4 Å². The SMILES string of the molecule is CC(C(=O)O)N1CCC(N(C)C)C1C. The summed E-state index contributed by atoms with van der Waals surface area (Å²) in [6.45, 7) is 4.76. The normalized spacial score (nSPS) is 30.9. The summed E-state index contributed by atoms with van der Waals surface area (Å²) in [5.74, 6) is -0.726. The molecule has 1 heterocycles. The number of carboxylic acid groups (broad SMARTS) is 1. The van der Waals surface area contributed by atoms with E-state index in [-0.39, 0.29) is 6.04 Å². The van der Waals surface area contributed by atoms with Gasteiger partial charge in [0.2, 0.25) is 0 Å². The maximum absolute atomic E-state index is 10.9. The Balaban J connectivity index is 2.63. The summed E-state index contributed by atoms with van der Waals surface area (Å²) in [5, 5.41) is 8.93. The van der Waals surface area contributed by atoms with Crippen molar-refractivity contribution < 1.29 is 9.90 Å². The van der Waals surface area contributed by atoms with Crippen molar-refractivity contribution in [3.8, 4) is 0 Å². The molecule has 1 saturated heterocycles. The van der Waals surface area contributed by atoms with Crippen LogP contribution in [0.1, 0.15) is 20.3 Å². The van der Waals surface area contributed by atoms with Gasteiger partial charge in [-0.3, -0.25) is 9.69 Å². The second kappa shape index (κ2) is 4.28. The van der Waals surface area contributed by atoms with Gasteiger partial charge in [0.15, 0.2) is 0 Å². The van der Waals surface area contributed by atoms with Crippen LogP contribution in [0.15, 0.2) is 0 Å². The average molecular weight is 200 g/mol. The van der Waals surface area contributed by atoms with Crippen molar-refractivity contribution in [2.24, 2.45) is 0 Å². The molecule has 0 aromatic carbocycles. The van der Waals surface area contributed by atoms with Crippen LogP contribution in [-0.4, -0.2) is 59.6 Å². The van der Waals surface area contributed by atoms with E-state index < -0.39 is 5.97 Å². The molecule has 0 aromatic heterocycles. The summed E-state index contributed by atoms with van der Waals surface area (Å²) in [6, 6.07) is 0.447. The molecule has 4 nitrogen and oxygen atoms in total. The Bertz CT molecular complexity index is 218. The quantitative estimate of drug-likeness (QED) is 0.720. The molecular formula is C10H20N2O2. The Labute approximate surface area is 85.5 Å². The molecular weight excluding hydrogens is 180 g/mol. The number of carbonyl (C=O) groups is 1. The number of aliphatic carboxylic acids is 1. The van der Waals surface area contributed by atoms with E-state index >= 15 is 0 Å². The Kier molecular flexibility index (Phi) is 3.50. The van der Waals surface area contributed by atoms with Gasteiger partial charge in [0, 0.05) is 18.6 Å². The predicted octanol–water partition coefficient (Wildman–Crippen LogP) is 0.484. The highest BCUT2D eigenvalue weighted by molar-refractivity contribution is 5.73. The van der Waals surface area contributed by atoms with Crippen LogP contribution in [0.3, 0.4) is 0 Å². The molecule has 0 amide bonds. The second-order valence-electron chi connectivity index (χ2n) is 4.31. The molecule has 4 heteroatoms. The summed E-state index contributed by atoms with van der Waals surface area (Å²) in [4.78, 5) is 15.1. The van der Waals surface area contributed by atoms with Gasteiger partial charge < -0.3 is 10.0 Å². The Morgan fingerprint density at radius 1 is 1.57 bits per heavy atom. The van der Waals surface area contributed by atoms with Gasteiger partial charge in [-0.25, -0.2) is 0 Å². The van der Waals surface area contributed by atoms with Gasteiger partial charge in [0.25, 0.3) is 0 Å². The molecule has 3 unspecified atom stereocenters. The number of nitrogens with zero attached hydrogens (tertiary/aromatic N) is 2. The number of rotatable bonds is 3. The van der Waals surface area contributed by atoms with Gasteiger partial charge in [0.05, 0.1) is 0 Å². The van der Waals surface area contributed by atoms with Gasteiger partial charge in [0.1, 0.15) is 6.04 Å². The van der Waals surface area contributed by atoms with E-state index in [1.54, 1.807) is 6.92 Å². The Hall–Kier alpha value is -0.610. The molecule has 1 aliphatic heterocycles. The molecule has 0 spiro atoms. The van der Waals surface area contributed by atoms with Crippen molar-refractivity contribution in [2.75, 3.05) is 20.6 Å². The molecule has 1 aliphatic rings. The van der Waals surface area contributed by atoms with Gasteiger partial charge in [-0.15, -0.1) is 0 Å². The van der Waals surface area contributed by atoms with E-state index in [9.17, 15) is 4.79 Å². The van der Waals surface area contributed by atoms with E-state index in [1.807, 2.05) is 0 Å². The van der Waals surface area contributed by atoms with Gasteiger partial charge in [-0.1, -0.05) is 0 Å². The zero-order valence-electron chi connectivity index (χ0n) is 9.40. The van der Waals surface area contributed by atoms with Gasteiger partial charge in [-0.2, -0.15) is 0 Å². The van der Waals surface area contributed by atoms with Crippen molar-refractivity contribution >= 4 is 5.97 Å². The van der Waals surface area contributed by atoms with Crippen LogP contribution in [0.25, 0.3) is 0 Å². The van der Waals surface area contributed by atoms with Crippen LogP contribution in [0, 0.1) is 0 Å². The minimum absolute atomic E-state index is 0.330. The first-order valence-corrected chi connectivity index (χ1v) is 5.10. The first-order valence-electron chi connectivity index (χ1n) is 5.10. The van der Waals surface area contributed by atoms with E-state index in [0.717, 1.165) is 13.0 Å². The maximum atomic E-state index is 10.9. The molecule has 0 radical (unpaired) electrons. The maximum Gasteiger partial charge on any atom is 0.320 e. The molecule has 14 heavy (non-hydrogen) atoms. The van der Waals surface area contributed by atoms with E-state index in [1.165, 1.54) is 0 Å². The highest BCUT2D eigenvalue weighted by atomic mass is 16.4. The van der Waals surface area contributed by atoms with Crippen molar-refractivity contribution in [3.05, 3.63) is 0 Å². The lowest BCUT2D eigenvalue weighted by Gasteiger charge is -2.30. The van der Waals surface area contributed by atoms with E-state index in [4.69, 9.17) is 5.11 Å². The standard InChI is InChI=1S/C10H20N2O2/c1-7-9(11(3)4)5-6-12(7)8(2)10(13)14/h7-9H,5-6H2,1-4H3,(H,13,14). The first kappa shape index (κ1) is 11.5. The predicted molar refractivity (Wildman–Crippen MR) is 55.4 cm³/mol. The van der Waals surface area contributed by atoms with Gasteiger partial charge in [-0.05, 0) is 34.4 Å². The molecule has 1 N–H and O–H groups in total. The van der Waals surface area contributed by atoms with Crippen molar-refractivity contribution in [1.29, 1.82) is 0 Å². The second-order valence-corrected chi connectivity index (χ2v) is 4.31. The molecule has 0 aromatic rings. The highest BCUT2D eigenvalue weighted by Gasteiger charge is 2.36. The molecule has 0 aliphatic carbocycles. The number of carboxylic acids is 1. The van der Waals surface area contributed by atoms with E-state index in [2.05, 4.69) is 30.8 Å². The summed E-state index contributed by atoms with van der Waals surface area (Å²) < 4.78 is 0. The van der Waals surface area contributed by atoms with Crippen molar-refractivity contribution in [3.63, 3.8) is 0 Å². The summed E-state index contributed by atoms with van der Waals surface area (Å²) in [7, 11) is 4.10. The van der Waals surface area contributed by atoms with Crippen LogP contribution in [-0.2, 0) is 4.79 Å².